The monoisotopic (exact) mass is 704 g/mol. The normalized spacial score (nSPS) is 18.0. The van der Waals surface area contributed by atoms with Crippen LogP contribution in [0.1, 0.15) is 78.1 Å². The molecule has 6 rings (SSSR count). The summed E-state index contributed by atoms with van der Waals surface area (Å²) in [6.45, 7) is 12.4. The van der Waals surface area contributed by atoms with Gasteiger partial charge in [0.05, 0.1) is 43.6 Å². The van der Waals surface area contributed by atoms with E-state index in [-0.39, 0.29) is 25.4 Å². The zero-order valence-electron chi connectivity index (χ0n) is 30.7. The molecule has 3 aromatic rings. The van der Waals surface area contributed by atoms with Crippen LogP contribution in [-0.2, 0) is 40.4 Å². The van der Waals surface area contributed by atoms with Crippen LogP contribution < -0.4 is 0 Å². The number of fused-ring (bicyclic) bond motifs is 11. The van der Waals surface area contributed by atoms with Crippen molar-refractivity contribution in [3.05, 3.63) is 93.6 Å². The minimum absolute atomic E-state index is 0.0546. The molecule has 5 heterocycles. The summed E-state index contributed by atoms with van der Waals surface area (Å²) < 4.78 is 15.9. The highest BCUT2D eigenvalue weighted by Gasteiger charge is 2.49. The molecule has 0 amide bonds. The third-order valence-electron chi connectivity index (χ3n) is 10.8. The number of hydrogen-bond donors (Lipinski definition) is 3. The molecular weight excluding hydrogens is 660 g/mol. The molecule has 2 aliphatic heterocycles. The molecule has 0 fully saturated rings. The van der Waals surface area contributed by atoms with Gasteiger partial charge in [0.15, 0.2) is 0 Å². The van der Waals surface area contributed by atoms with E-state index in [0.29, 0.717) is 29.8 Å². The molecule has 270 valence electrons. The minimum Gasteiger partial charge on any atom is -0.481 e. The highest BCUT2D eigenvalue weighted by Crippen LogP contribution is 2.52. The highest BCUT2D eigenvalue weighted by molar-refractivity contribution is 5.96. The van der Waals surface area contributed by atoms with Crippen molar-refractivity contribution >= 4 is 62.8 Å². The van der Waals surface area contributed by atoms with Crippen molar-refractivity contribution in [2.24, 2.45) is 5.92 Å². The molecule has 11 nitrogen and oxygen atoms in total. The minimum atomic E-state index is -0.897. The Labute approximate surface area is 302 Å². The lowest BCUT2D eigenvalue weighted by Crippen LogP contribution is -2.39. The van der Waals surface area contributed by atoms with Crippen LogP contribution in [0.25, 0.3) is 44.9 Å². The second kappa shape index (κ2) is 14.2. The van der Waals surface area contributed by atoms with E-state index in [1.54, 1.807) is 13.2 Å². The molecule has 52 heavy (non-hydrogen) atoms. The predicted octanol–water partition coefficient (Wildman–Crippen LogP) is 7.19. The van der Waals surface area contributed by atoms with Crippen molar-refractivity contribution in [1.29, 1.82) is 0 Å². The fourth-order valence-electron chi connectivity index (χ4n) is 7.73. The summed E-state index contributed by atoms with van der Waals surface area (Å²) in [7, 11) is 4.35. The maximum Gasteiger partial charge on any atom is 0.334 e. The lowest BCUT2D eigenvalue weighted by atomic mass is 9.64. The van der Waals surface area contributed by atoms with E-state index < -0.39 is 23.3 Å². The highest BCUT2D eigenvalue weighted by atomic mass is 16.5. The number of nitrogens with zero attached hydrogens (tertiary/aromatic N) is 2. The Morgan fingerprint density at radius 3 is 2.23 bits per heavy atom. The van der Waals surface area contributed by atoms with Crippen LogP contribution in [-0.4, -0.2) is 70.9 Å². The molecule has 3 aliphatic rings. The summed E-state index contributed by atoms with van der Waals surface area (Å²) in [5, 5.41) is 9.61. The van der Waals surface area contributed by atoms with Gasteiger partial charge in [-0.1, -0.05) is 24.8 Å². The number of aryl methyl sites for hydroxylation is 3. The van der Waals surface area contributed by atoms with Crippen LogP contribution in [0.3, 0.4) is 0 Å². The first-order valence-electron chi connectivity index (χ1n) is 17.2. The fourth-order valence-corrected chi connectivity index (χ4v) is 7.73. The van der Waals surface area contributed by atoms with Crippen LogP contribution in [0, 0.1) is 19.8 Å². The van der Waals surface area contributed by atoms with Crippen molar-refractivity contribution in [3.8, 4) is 0 Å². The smallest absolute Gasteiger partial charge is 0.334 e. The number of methoxy groups -OCH3 is 3. The van der Waals surface area contributed by atoms with Crippen molar-refractivity contribution < 1.29 is 33.7 Å². The van der Waals surface area contributed by atoms with E-state index in [1.807, 2.05) is 57.2 Å². The second-order valence-corrected chi connectivity index (χ2v) is 13.6. The molecule has 3 N–H and O–H groups in total. The van der Waals surface area contributed by atoms with Gasteiger partial charge in [-0.2, -0.15) is 0 Å². The largest absolute Gasteiger partial charge is 0.481 e. The number of carbonyl (C=O) groups is 3. The number of H-pyrrole nitrogens is 2. The number of rotatable bonds is 10. The van der Waals surface area contributed by atoms with Gasteiger partial charge in [-0.05, 0) is 98.2 Å². The van der Waals surface area contributed by atoms with E-state index in [1.165, 1.54) is 14.2 Å². The van der Waals surface area contributed by atoms with Crippen molar-refractivity contribution in [1.82, 2.24) is 19.9 Å². The maximum absolute atomic E-state index is 13.1. The number of aliphatic carboxylic acids is 1. The van der Waals surface area contributed by atoms with E-state index in [0.717, 1.165) is 72.4 Å². The number of esters is 2. The molecule has 8 bridgehead atoms. The first-order valence-corrected chi connectivity index (χ1v) is 17.2. The lowest BCUT2D eigenvalue weighted by molar-refractivity contribution is -0.140. The van der Waals surface area contributed by atoms with E-state index in [9.17, 15) is 19.5 Å². The van der Waals surface area contributed by atoms with Gasteiger partial charge < -0.3 is 29.3 Å². The Morgan fingerprint density at radius 2 is 1.56 bits per heavy atom. The molecular formula is C41H44N4O7. The van der Waals surface area contributed by atoms with Crippen LogP contribution in [0.5, 0.6) is 0 Å². The molecule has 0 saturated heterocycles. The van der Waals surface area contributed by atoms with Crippen LogP contribution in [0.4, 0.5) is 0 Å². The quantitative estimate of drug-likeness (QED) is 0.186. The molecule has 0 radical (unpaired) electrons. The number of carboxylic acids is 1. The van der Waals surface area contributed by atoms with Gasteiger partial charge in [0.2, 0.25) is 0 Å². The first-order chi connectivity index (χ1) is 24.9. The van der Waals surface area contributed by atoms with Gasteiger partial charge in [0.25, 0.3) is 0 Å². The Hall–Kier alpha value is -5.55. The molecule has 2 atom stereocenters. The van der Waals surface area contributed by atoms with Gasteiger partial charge in [-0.15, -0.1) is 0 Å². The molecule has 0 unspecified atom stereocenters. The topological polar surface area (TPSA) is 156 Å². The van der Waals surface area contributed by atoms with Gasteiger partial charge in [0.1, 0.15) is 0 Å². The van der Waals surface area contributed by atoms with Crippen LogP contribution >= 0.6 is 0 Å². The summed E-state index contributed by atoms with van der Waals surface area (Å²) >= 11 is 0. The zero-order valence-corrected chi connectivity index (χ0v) is 30.7. The van der Waals surface area contributed by atoms with Crippen molar-refractivity contribution in [2.75, 3.05) is 27.9 Å². The number of ether oxygens (including phenoxy) is 3. The second-order valence-electron chi connectivity index (χ2n) is 13.6. The van der Waals surface area contributed by atoms with Crippen molar-refractivity contribution in [2.45, 2.75) is 58.8 Å². The van der Waals surface area contributed by atoms with Crippen LogP contribution in [0.15, 0.2) is 48.6 Å². The molecule has 11 heteroatoms. The van der Waals surface area contributed by atoms with E-state index in [2.05, 4.69) is 23.5 Å². The summed E-state index contributed by atoms with van der Waals surface area (Å²) in [5.74, 6) is -2.08. The van der Waals surface area contributed by atoms with Gasteiger partial charge in [0, 0.05) is 64.5 Å². The van der Waals surface area contributed by atoms with Crippen LogP contribution in [0.2, 0.25) is 0 Å². The summed E-state index contributed by atoms with van der Waals surface area (Å²) in [5.41, 5.74) is 12.0. The van der Waals surface area contributed by atoms with Crippen molar-refractivity contribution in [3.63, 3.8) is 0 Å². The van der Waals surface area contributed by atoms with Gasteiger partial charge in [-0.3, -0.25) is 14.6 Å². The molecule has 0 spiro atoms. The summed E-state index contributed by atoms with van der Waals surface area (Å²) in [4.78, 5) is 54.7. The number of carbonyl (C=O) groups excluding carboxylic acids is 2. The first kappa shape index (κ1) is 36.2. The lowest BCUT2D eigenvalue weighted by Gasteiger charge is -2.38. The summed E-state index contributed by atoms with van der Waals surface area (Å²) in [6, 6.07) is 7.94. The third kappa shape index (κ3) is 6.19. The van der Waals surface area contributed by atoms with Gasteiger partial charge in [-0.25, -0.2) is 9.78 Å². The third-order valence-corrected chi connectivity index (χ3v) is 10.8. The molecule has 0 saturated carbocycles. The summed E-state index contributed by atoms with van der Waals surface area (Å²) in [6.07, 6.45) is 6.35. The zero-order chi connectivity index (χ0) is 37.5. The maximum atomic E-state index is 13.1. The fraction of sp³-hybridized carbons (Fsp3) is 0.341. The Morgan fingerprint density at radius 1 is 0.865 bits per heavy atom. The van der Waals surface area contributed by atoms with E-state index in [4.69, 9.17) is 24.2 Å². The number of carboxylic acid groups (broad SMARTS) is 1. The SMILES string of the molecule is C=Cc1c(C)c2cc3nc(cc4[nH]c(cc5nc(cc1[nH]2)C(C)=C5CCC(=O)O)c(CCC(=O)OC)c4C)[C@@]1(C)C3=CC=C(C(=O)OC)[C@H]1COC. The Kier molecular flexibility index (Phi) is 9.92. The number of allylic oxidation sites excluding steroid dienone is 5. The average molecular weight is 705 g/mol. The Bertz CT molecular complexity index is 2290. The number of aromatic amines is 2. The number of nitrogens with one attached hydrogen (secondary N) is 2. The average Bonchev–Trinajstić information content (AvgIpc) is 3.77. The molecule has 0 aromatic carbocycles. The number of aromatic nitrogens is 4. The Balaban J connectivity index is 1.76. The standard InChI is InChI=1S/C41H44N4O7/c1-9-24-21(2)31-17-36-28-13-10-27(40(49)52-8)29(20-50-6)41(28,5)37(45-36)19-32-23(4)26(12-15-39(48)51-7)35(44-32)18-34-25(11-14-38(46)47)22(3)30(43-34)16-33(24)42-31/h9-10,13,16-19,29,42,44H,1,11-12,14-15,20H2,2-8H3,(H,46,47)/t29-,41+/m1/s1. The van der Waals surface area contributed by atoms with Gasteiger partial charge >= 0.3 is 17.9 Å². The predicted molar refractivity (Wildman–Crippen MR) is 201 cm³/mol. The number of hydrogen-bond acceptors (Lipinski definition) is 8. The molecule has 3 aromatic heterocycles. The van der Waals surface area contributed by atoms with E-state index >= 15 is 0 Å². The molecule has 1 aliphatic carbocycles.